The molecule has 2 heterocycles. The molecule has 0 amide bonds. The topological polar surface area (TPSA) is 61.7 Å². The number of hydrogen-bond acceptors (Lipinski definition) is 6. The van der Waals surface area contributed by atoms with Gasteiger partial charge >= 0.3 is 0 Å². The van der Waals surface area contributed by atoms with E-state index in [0.29, 0.717) is 6.54 Å². The van der Waals surface area contributed by atoms with Gasteiger partial charge in [-0.25, -0.2) is 0 Å². The molecule has 0 fully saturated rings. The van der Waals surface area contributed by atoms with Crippen LogP contribution in [-0.2, 0) is 26.1 Å². The molecule has 162 valence electrons. The first-order chi connectivity index (χ1) is 15.2. The van der Waals surface area contributed by atoms with Gasteiger partial charge in [0.2, 0.25) is 0 Å². The Hall–Kier alpha value is -2.80. The standard InChI is InChI=1S/C25H30N4O2/c1-28(17-23-14-26-10-11-27-23)15-20-5-4-8-25(13-20)31-19-24(30)18-29-12-9-21-6-2-3-7-22(21)16-29/h2-8,10-11,13-14,24,30H,9,12,15-19H2,1H3. The molecule has 2 aromatic carbocycles. The van der Waals surface area contributed by atoms with Crippen LogP contribution in [0.15, 0.2) is 67.1 Å². The van der Waals surface area contributed by atoms with E-state index in [1.807, 2.05) is 18.2 Å². The molecule has 1 atom stereocenters. The van der Waals surface area contributed by atoms with Crippen molar-refractivity contribution in [3.63, 3.8) is 0 Å². The van der Waals surface area contributed by atoms with Crippen molar-refractivity contribution in [2.45, 2.75) is 32.2 Å². The summed E-state index contributed by atoms with van der Waals surface area (Å²) in [6.07, 6.45) is 5.70. The van der Waals surface area contributed by atoms with E-state index in [1.54, 1.807) is 18.6 Å². The molecule has 4 rings (SSSR count). The van der Waals surface area contributed by atoms with Crippen molar-refractivity contribution < 1.29 is 9.84 Å². The first-order valence-electron chi connectivity index (χ1n) is 10.8. The number of fused-ring (bicyclic) bond motifs is 1. The van der Waals surface area contributed by atoms with Gasteiger partial charge in [-0.05, 0) is 42.3 Å². The molecule has 3 aromatic rings. The molecule has 0 spiro atoms. The largest absolute Gasteiger partial charge is 0.491 e. The second-order valence-electron chi connectivity index (χ2n) is 8.24. The second-order valence-corrected chi connectivity index (χ2v) is 8.24. The third-order valence-corrected chi connectivity index (χ3v) is 5.52. The third-order valence-electron chi connectivity index (χ3n) is 5.52. The summed E-state index contributed by atoms with van der Waals surface area (Å²) in [6.45, 7) is 4.29. The molecule has 0 saturated heterocycles. The Morgan fingerprint density at radius 3 is 2.81 bits per heavy atom. The summed E-state index contributed by atoms with van der Waals surface area (Å²) in [5.74, 6) is 0.786. The Morgan fingerprint density at radius 2 is 1.97 bits per heavy atom. The summed E-state index contributed by atoms with van der Waals surface area (Å²) in [4.78, 5) is 12.9. The first-order valence-corrected chi connectivity index (χ1v) is 10.8. The highest BCUT2D eigenvalue weighted by atomic mass is 16.5. The van der Waals surface area contributed by atoms with Crippen molar-refractivity contribution in [2.75, 3.05) is 26.7 Å². The Labute approximate surface area is 184 Å². The molecule has 0 radical (unpaired) electrons. The monoisotopic (exact) mass is 418 g/mol. The van der Waals surface area contributed by atoms with Crippen molar-refractivity contribution in [3.05, 3.63) is 89.5 Å². The molecule has 0 aliphatic carbocycles. The van der Waals surface area contributed by atoms with Crippen molar-refractivity contribution in [1.82, 2.24) is 19.8 Å². The van der Waals surface area contributed by atoms with E-state index < -0.39 is 6.10 Å². The summed E-state index contributed by atoms with van der Waals surface area (Å²) in [5, 5.41) is 10.5. The van der Waals surface area contributed by atoms with E-state index in [9.17, 15) is 5.11 Å². The molecule has 6 heteroatoms. The van der Waals surface area contributed by atoms with Gasteiger partial charge in [-0.15, -0.1) is 0 Å². The predicted molar refractivity (Wildman–Crippen MR) is 121 cm³/mol. The quantitative estimate of drug-likeness (QED) is 0.577. The summed E-state index contributed by atoms with van der Waals surface area (Å²) in [6, 6.07) is 16.6. The Bertz CT molecular complexity index is 967. The fourth-order valence-corrected chi connectivity index (χ4v) is 4.04. The molecule has 31 heavy (non-hydrogen) atoms. The SMILES string of the molecule is CN(Cc1cccc(OCC(O)CN2CCc3ccccc3C2)c1)Cc1cnccn1. The van der Waals surface area contributed by atoms with Crippen LogP contribution >= 0.6 is 0 Å². The lowest BCUT2D eigenvalue weighted by molar-refractivity contribution is 0.0637. The molecule has 0 bridgehead atoms. The van der Waals surface area contributed by atoms with Gasteiger partial charge in [0.05, 0.1) is 5.69 Å². The second kappa shape index (κ2) is 10.5. The number of hydrogen-bond donors (Lipinski definition) is 1. The summed E-state index contributed by atoms with van der Waals surface area (Å²) in [5.41, 5.74) is 4.89. The average molecular weight is 419 g/mol. The van der Waals surface area contributed by atoms with Crippen molar-refractivity contribution in [1.29, 1.82) is 0 Å². The lowest BCUT2D eigenvalue weighted by atomic mass is 10.00. The van der Waals surface area contributed by atoms with E-state index >= 15 is 0 Å². The highest BCUT2D eigenvalue weighted by Gasteiger charge is 2.18. The van der Waals surface area contributed by atoms with Crippen molar-refractivity contribution in [3.8, 4) is 5.75 Å². The normalized spacial score (nSPS) is 14.9. The van der Waals surface area contributed by atoms with Gasteiger partial charge in [0.15, 0.2) is 0 Å². The van der Waals surface area contributed by atoms with Crippen LogP contribution in [0.1, 0.15) is 22.4 Å². The van der Waals surface area contributed by atoms with Gasteiger partial charge < -0.3 is 9.84 Å². The molecule has 1 N–H and O–H groups in total. The number of aliphatic hydroxyl groups excluding tert-OH is 1. The molecule has 6 nitrogen and oxygen atoms in total. The lowest BCUT2D eigenvalue weighted by Gasteiger charge is -2.30. The maximum Gasteiger partial charge on any atom is 0.119 e. The van der Waals surface area contributed by atoms with E-state index in [0.717, 1.165) is 49.6 Å². The van der Waals surface area contributed by atoms with Crippen LogP contribution in [0.25, 0.3) is 0 Å². The highest BCUT2D eigenvalue weighted by molar-refractivity contribution is 5.29. The van der Waals surface area contributed by atoms with E-state index in [4.69, 9.17) is 4.74 Å². The fraction of sp³-hybridized carbons (Fsp3) is 0.360. The molecule has 1 aliphatic rings. The van der Waals surface area contributed by atoms with Crippen LogP contribution in [-0.4, -0.2) is 57.7 Å². The molecule has 1 aliphatic heterocycles. The summed E-state index contributed by atoms with van der Waals surface area (Å²) in [7, 11) is 2.06. The smallest absolute Gasteiger partial charge is 0.119 e. The predicted octanol–water partition coefficient (Wildman–Crippen LogP) is 2.91. The minimum absolute atomic E-state index is 0.289. The molecule has 1 unspecified atom stereocenters. The fourth-order valence-electron chi connectivity index (χ4n) is 4.04. The van der Waals surface area contributed by atoms with Crippen LogP contribution in [0.2, 0.25) is 0 Å². The number of benzene rings is 2. The number of ether oxygens (including phenoxy) is 1. The Kier molecular flexibility index (Phi) is 7.25. The van der Waals surface area contributed by atoms with Gasteiger partial charge in [0.1, 0.15) is 18.5 Å². The van der Waals surface area contributed by atoms with E-state index in [2.05, 4.69) is 57.1 Å². The van der Waals surface area contributed by atoms with Crippen LogP contribution < -0.4 is 4.74 Å². The zero-order valence-corrected chi connectivity index (χ0v) is 18.0. The third kappa shape index (κ3) is 6.34. The van der Waals surface area contributed by atoms with E-state index in [-0.39, 0.29) is 6.61 Å². The zero-order chi connectivity index (χ0) is 21.5. The summed E-state index contributed by atoms with van der Waals surface area (Å²) < 4.78 is 5.90. The van der Waals surface area contributed by atoms with Crippen molar-refractivity contribution in [2.24, 2.45) is 0 Å². The highest BCUT2D eigenvalue weighted by Crippen LogP contribution is 2.19. The molecular formula is C25H30N4O2. The Morgan fingerprint density at radius 1 is 1.10 bits per heavy atom. The minimum atomic E-state index is -0.520. The van der Waals surface area contributed by atoms with Crippen LogP contribution in [0.5, 0.6) is 5.75 Å². The number of rotatable bonds is 9. The van der Waals surface area contributed by atoms with Crippen LogP contribution in [0.3, 0.4) is 0 Å². The number of aliphatic hydroxyl groups is 1. The molecule has 1 aromatic heterocycles. The Balaban J connectivity index is 1.24. The van der Waals surface area contributed by atoms with Gasteiger partial charge in [0.25, 0.3) is 0 Å². The molecular weight excluding hydrogens is 388 g/mol. The maximum absolute atomic E-state index is 10.5. The van der Waals surface area contributed by atoms with Crippen molar-refractivity contribution >= 4 is 0 Å². The summed E-state index contributed by atoms with van der Waals surface area (Å²) >= 11 is 0. The molecule has 0 saturated carbocycles. The van der Waals surface area contributed by atoms with Crippen LogP contribution in [0.4, 0.5) is 0 Å². The maximum atomic E-state index is 10.5. The van der Waals surface area contributed by atoms with Gasteiger partial charge in [-0.1, -0.05) is 36.4 Å². The number of aromatic nitrogens is 2. The van der Waals surface area contributed by atoms with Crippen LogP contribution in [0, 0.1) is 0 Å². The van der Waals surface area contributed by atoms with Gasteiger partial charge in [-0.3, -0.25) is 19.8 Å². The van der Waals surface area contributed by atoms with Gasteiger partial charge in [-0.2, -0.15) is 0 Å². The van der Waals surface area contributed by atoms with E-state index in [1.165, 1.54) is 11.1 Å². The first kappa shape index (κ1) is 21.4. The number of β-amino-alcohol motifs (C(OH)–C–C–N with tert-alkyl or cyclic N) is 1. The minimum Gasteiger partial charge on any atom is -0.491 e. The average Bonchev–Trinajstić information content (AvgIpc) is 2.78. The van der Waals surface area contributed by atoms with Gasteiger partial charge in [0, 0.05) is 51.3 Å². The number of nitrogens with zero attached hydrogens (tertiary/aromatic N) is 4. The lowest BCUT2D eigenvalue weighted by Crippen LogP contribution is -2.38. The zero-order valence-electron chi connectivity index (χ0n) is 18.0.